The molecule has 0 unspecified atom stereocenters. The van der Waals surface area contributed by atoms with Gasteiger partial charge in [0.1, 0.15) is 10.6 Å². The topological polar surface area (TPSA) is 83.7 Å². The maximum atomic E-state index is 13.1. The Bertz CT molecular complexity index is 1320. The first-order valence-electron chi connectivity index (χ1n) is 9.72. The van der Waals surface area contributed by atoms with Crippen LogP contribution >= 0.6 is 22.9 Å². The second-order valence-corrected chi connectivity index (χ2v) is 8.46. The van der Waals surface area contributed by atoms with E-state index in [-0.39, 0.29) is 12.2 Å². The molecule has 2 aromatic heterocycles. The minimum absolute atomic E-state index is 0.112. The average molecular weight is 469 g/mol. The largest absolute Gasteiger partial charge is 0.496 e. The van der Waals surface area contributed by atoms with Crippen LogP contribution in [0.4, 0.5) is 5.69 Å². The molecule has 8 heteroatoms. The Kier molecular flexibility index (Phi) is 6.21. The summed E-state index contributed by atoms with van der Waals surface area (Å²) in [5.41, 5.74) is 9.08. The van der Waals surface area contributed by atoms with Crippen molar-refractivity contribution >= 4 is 44.6 Å². The maximum Gasteiger partial charge on any atom is 0.179 e. The third kappa shape index (κ3) is 4.09. The molecule has 32 heavy (non-hydrogen) atoms. The van der Waals surface area contributed by atoms with Gasteiger partial charge in [-0.1, -0.05) is 11.6 Å². The van der Waals surface area contributed by atoms with Crippen molar-refractivity contribution in [2.45, 2.75) is 6.42 Å². The molecular weight excluding hydrogens is 448 g/mol. The second kappa shape index (κ2) is 9.06. The normalized spacial score (nSPS) is 10.9. The van der Waals surface area contributed by atoms with Crippen molar-refractivity contribution in [3.8, 4) is 28.5 Å². The predicted molar refractivity (Wildman–Crippen MR) is 129 cm³/mol. The van der Waals surface area contributed by atoms with E-state index in [1.807, 2.05) is 30.3 Å². The van der Waals surface area contributed by atoms with Gasteiger partial charge >= 0.3 is 0 Å². The number of fused-ring (bicyclic) bond motifs is 1. The van der Waals surface area contributed by atoms with Gasteiger partial charge in [-0.2, -0.15) is 0 Å². The number of rotatable bonds is 7. The van der Waals surface area contributed by atoms with Crippen LogP contribution in [0, 0.1) is 0 Å². The monoisotopic (exact) mass is 468 g/mol. The molecule has 0 amide bonds. The number of aromatic nitrogens is 1. The first-order chi connectivity index (χ1) is 15.4. The zero-order valence-corrected chi connectivity index (χ0v) is 19.3. The molecule has 0 bridgehead atoms. The quantitative estimate of drug-likeness (QED) is 0.353. The Balaban J connectivity index is 1.69. The van der Waals surface area contributed by atoms with Crippen LogP contribution in [-0.4, -0.2) is 32.1 Å². The van der Waals surface area contributed by atoms with Crippen LogP contribution in [0.3, 0.4) is 0 Å². The number of nitrogens with zero attached hydrogens (tertiary/aromatic N) is 1. The standard InChI is InChI=1S/C24H21ClN2O4S/c1-29-19-9-5-15(25)10-14(19)11-18(28)23-22(26)16-6-7-17(27-24(16)32-23)13-4-8-20(30-2)21(12-13)31-3/h4-10,12H,11,26H2,1-3H3. The van der Waals surface area contributed by atoms with E-state index in [2.05, 4.69) is 0 Å². The lowest BCUT2D eigenvalue weighted by atomic mass is 10.1. The summed E-state index contributed by atoms with van der Waals surface area (Å²) in [5.74, 6) is 1.75. The highest BCUT2D eigenvalue weighted by Crippen LogP contribution is 2.37. The molecule has 0 aliphatic rings. The van der Waals surface area contributed by atoms with Crippen molar-refractivity contribution in [2.24, 2.45) is 0 Å². The molecule has 2 N–H and O–H groups in total. The number of nitrogen functional groups attached to an aromatic ring is 1. The third-order valence-corrected chi connectivity index (χ3v) is 6.51. The maximum absolute atomic E-state index is 13.1. The van der Waals surface area contributed by atoms with Crippen LogP contribution in [0.1, 0.15) is 15.2 Å². The number of Topliss-reactive ketones (excluding diaryl/α,β-unsaturated/α-hetero) is 1. The minimum atomic E-state index is -0.112. The zero-order chi connectivity index (χ0) is 22.8. The Labute approximate surface area is 194 Å². The molecule has 0 atom stereocenters. The average Bonchev–Trinajstić information content (AvgIpc) is 3.14. The number of carbonyl (C=O) groups is 1. The smallest absolute Gasteiger partial charge is 0.179 e. The molecule has 4 rings (SSSR count). The second-order valence-electron chi connectivity index (χ2n) is 7.02. The van der Waals surface area contributed by atoms with Gasteiger partial charge in [0.05, 0.1) is 37.6 Å². The van der Waals surface area contributed by atoms with E-state index in [9.17, 15) is 4.79 Å². The number of thiophene rings is 1. The summed E-state index contributed by atoms with van der Waals surface area (Å²) in [6, 6.07) is 14.6. The fourth-order valence-electron chi connectivity index (χ4n) is 3.50. The third-order valence-electron chi connectivity index (χ3n) is 5.12. The Morgan fingerprint density at radius 1 is 0.969 bits per heavy atom. The number of hydrogen-bond acceptors (Lipinski definition) is 7. The van der Waals surface area contributed by atoms with Crippen molar-refractivity contribution in [1.29, 1.82) is 0 Å². The van der Waals surface area contributed by atoms with Gasteiger partial charge in [-0.15, -0.1) is 11.3 Å². The zero-order valence-electron chi connectivity index (χ0n) is 17.8. The number of ether oxygens (including phenoxy) is 3. The van der Waals surface area contributed by atoms with Crippen molar-refractivity contribution in [3.05, 3.63) is 64.0 Å². The van der Waals surface area contributed by atoms with E-state index in [0.717, 1.165) is 16.6 Å². The summed E-state index contributed by atoms with van der Waals surface area (Å²) in [6.07, 6.45) is 0.128. The molecule has 0 saturated heterocycles. The molecule has 6 nitrogen and oxygen atoms in total. The van der Waals surface area contributed by atoms with Gasteiger partial charge in [0.25, 0.3) is 0 Å². The highest BCUT2D eigenvalue weighted by molar-refractivity contribution is 7.21. The van der Waals surface area contributed by atoms with E-state index in [1.165, 1.54) is 11.3 Å². The SMILES string of the molecule is COc1ccc(Cl)cc1CC(=O)c1sc2nc(-c3ccc(OC)c(OC)c3)ccc2c1N. The molecule has 2 aromatic carbocycles. The van der Waals surface area contributed by atoms with E-state index in [4.69, 9.17) is 36.5 Å². The number of hydrogen-bond donors (Lipinski definition) is 1. The first-order valence-corrected chi connectivity index (χ1v) is 10.9. The molecular formula is C24H21ClN2O4S. The number of ketones is 1. The fourth-order valence-corrected chi connectivity index (χ4v) is 4.73. The summed E-state index contributed by atoms with van der Waals surface area (Å²) >= 11 is 7.38. The molecule has 164 valence electrons. The van der Waals surface area contributed by atoms with Crippen LogP contribution in [0.2, 0.25) is 5.02 Å². The molecule has 4 aromatic rings. The van der Waals surface area contributed by atoms with Crippen molar-refractivity contribution in [2.75, 3.05) is 27.1 Å². The number of nitrogens with two attached hydrogens (primary N) is 1. The Hall–Kier alpha value is -3.29. The summed E-state index contributed by atoms with van der Waals surface area (Å²) in [5, 5.41) is 1.29. The van der Waals surface area contributed by atoms with Gasteiger partial charge in [-0.05, 0) is 48.5 Å². The first kappa shape index (κ1) is 21.9. The van der Waals surface area contributed by atoms with E-state index in [0.29, 0.717) is 43.2 Å². The van der Waals surface area contributed by atoms with Crippen LogP contribution < -0.4 is 19.9 Å². The Morgan fingerprint density at radius 3 is 2.41 bits per heavy atom. The van der Waals surface area contributed by atoms with Gasteiger partial charge in [-0.3, -0.25) is 4.79 Å². The van der Waals surface area contributed by atoms with Gasteiger partial charge in [-0.25, -0.2) is 4.98 Å². The highest BCUT2D eigenvalue weighted by Gasteiger charge is 2.20. The molecule has 0 saturated carbocycles. The summed E-state index contributed by atoms with van der Waals surface area (Å²) in [6.45, 7) is 0. The molecule has 0 radical (unpaired) electrons. The number of halogens is 1. The summed E-state index contributed by atoms with van der Waals surface area (Å²) in [4.78, 5) is 19.0. The van der Waals surface area contributed by atoms with Gasteiger partial charge in [0.2, 0.25) is 0 Å². The van der Waals surface area contributed by atoms with Crippen LogP contribution in [0.15, 0.2) is 48.5 Å². The number of carbonyl (C=O) groups excluding carboxylic acids is 1. The fraction of sp³-hybridized carbons (Fsp3) is 0.167. The lowest BCUT2D eigenvalue weighted by Crippen LogP contribution is -2.05. The number of anilines is 1. The predicted octanol–water partition coefficient (Wildman–Crippen LogP) is 5.65. The minimum Gasteiger partial charge on any atom is -0.496 e. The van der Waals surface area contributed by atoms with Crippen molar-refractivity contribution in [1.82, 2.24) is 4.98 Å². The molecule has 0 aliphatic heterocycles. The van der Waals surface area contributed by atoms with Crippen LogP contribution in [0.25, 0.3) is 21.5 Å². The highest BCUT2D eigenvalue weighted by atomic mass is 35.5. The number of methoxy groups -OCH3 is 3. The van der Waals surface area contributed by atoms with E-state index in [1.54, 1.807) is 39.5 Å². The number of pyridine rings is 1. The number of benzene rings is 2. The van der Waals surface area contributed by atoms with Gasteiger partial charge < -0.3 is 19.9 Å². The van der Waals surface area contributed by atoms with Gasteiger partial charge in [0.15, 0.2) is 17.3 Å². The molecule has 0 spiro atoms. The van der Waals surface area contributed by atoms with Crippen LogP contribution in [-0.2, 0) is 6.42 Å². The summed E-state index contributed by atoms with van der Waals surface area (Å²) < 4.78 is 16.0. The van der Waals surface area contributed by atoms with Crippen molar-refractivity contribution in [3.63, 3.8) is 0 Å². The lowest BCUT2D eigenvalue weighted by Gasteiger charge is -2.09. The lowest BCUT2D eigenvalue weighted by molar-refractivity contribution is 0.0996. The summed E-state index contributed by atoms with van der Waals surface area (Å²) in [7, 11) is 4.74. The van der Waals surface area contributed by atoms with Gasteiger partial charge in [0, 0.05) is 28.0 Å². The Morgan fingerprint density at radius 2 is 1.69 bits per heavy atom. The van der Waals surface area contributed by atoms with E-state index < -0.39 is 0 Å². The van der Waals surface area contributed by atoms with Crippen LogP contribution in [0.5, 0.6) is 17.2 Å². The van der Waals surface area contributed by atoms with E-state index >= 15 is 0 Å². The molecule has 0 fully saturated rings. The van der Waals surface area contributed by atoms with Crippen molar-refractivity contribution < 1.29 is 19.0 Å². The molecule has 0 aliphatic carbocycles. The molecule has 2 heterocycles.